The van der Waals surface area contributed by atoms with E-state index in [0.29, 0.717) is 6.04 Å². The molecule has 1 aliphatic rings. The van der Waals surface area contributed by atoms with Gasteiger partial charge in [-0.1, -0.05) is 31.5 Å². The Kier molecular flexibility index (Phi) is 6.34. The van der Waals surface area contributed by atoms with Gasteiger partial charge < -0.3 is 10.2 Å². The largest absolute Gasteiger partial charge is 0.373 e. The molecule has 1 N–H and O–H groups in total. The minimum atomic E-state index is 0.672. The van der Waals surface area contributed by atoms with Gasteiger partial charge in [-0.3, -0.25) is 4.90 Å². The van der Waals surface area contributed by atoms with Gasteiger partial charge in [0.2, 0.25) is 0 Å². The lowest BCUT2D eigenvalue weighted by Gasteiger charge is -2.30. The zero-order chi connectivity index (χ0) is 15.2. The zero-order valence-electron chi connectivity index (χ0n) is 13.5. The number of likely N-dealkylation sites (tertiary alicyclic amines) is 1. The molecule has 1 aliphatic heterocycles. The van der Waals surface area contributed by atoms with Gasteiger partial charge in [0.05, 0.1) is 0 Å². The van der Waals surface area contributed by atoms with Crippen LogP contribution in [0, 0.1) is 0 Å². The van der Waals surface area contributed by atoms with Gasteiger partial charge in [0.15, 0.2) is 0 Å². The summed E-state index contributed by atoms with van der Waals surface area (Å²) in [6, 6.07) is 6.89. The van der Waals surface area contributed by atoms with Gasteiger partial charge in [0.25, 0.3) is 0 Å². The van der Waals surface area contributed by atoms with E-state index in [1.165, 1.54) is 30.6 Å². The number of anilines is 1. The van der Waals surface area contributed by atoms with E-state index in [9.17, 15) is 0 Å². The zero-order valence-corrected chi connectivity index (χ0v) is 14.3. The number of rotatable bonds is 7. The van der Waals surface area contributed by atoms with E-state index in [-0.39, 0.29) is 0 Å². The fourth-order valence-corrected chi connectivity index (χ4v) is 3.50. The van der Waals surface area contributed by atoms with Crippen LogP contribution in [-0.2, 0) is 6.54 Å². The lowest BCUT2D eigenvalue weighted by Crippen LogP contribution is -2.39. The molecule has 0 bridgehead atoms. The molecule has 21 heavy (non-hydrogen) atoms. The van der Waals surface area contributed by atoms with E-state index in [1.54, 1.807) is 0 Å². The first-order valence-electron chi connectivity index (χ1n) is 8.10. The number of hydrogen-bond donors (Lipinski definition) is 1. The van der Waals surface area contributed by atoms with Crippen molar-refractivity contribution in [1.82, 2.24) is 10.2 Å². The van der Waals surface area contributed by atoms with Gasteiger partial charge >= 0.3 is 0 Å². The lowest BCUT2D eigenvalue weighted by atomic mass is 10.1. The number of hydrogen-bond acceptors (Lipinski definition) is 3. The van der Waals surface area contributed by atoms with Crippen molar-refractivity contribution in [3.8, 4) is 0 Å². The molecular formula is C17H28ClN3. The molecule has 1 heterocycles. The molecule has 3 nitrogen and oxygen atoms in total. The molecule has 4 heteroatoms. The Morgan fingerprint density at radius 3 is 2.90 bits per heavy atom. The van der Waals surface area contributed by atoms with Crippen LogP contribution in [-0.4, -0.2) is 44.2 Å². The van der Waals surface area contributed by atoms with Crippen LogP contribution in [0.1, 0.15) is 32.3 Å². The third-order valence-electron chi connectivity index (χ3n) is 4.45. The molecule has 0 aromatic heterocycles. The monoisotopic (exact) mass is 309 g/mol. The van der Waals surface area contributed by atoms with Crippen LogP contribution in [0.4, 0.5) is 5.69 Å². The van der Waals surface area contributed by atoms with E-state index in [1.807, 2.05) is 6.07 Å². The number of benzene rings is 1. The van der Waals surface area contributed by atoms with Crippen LogP contribution in [0.25, 0.3) is 0 Å². The maximum absolute atomic E-state index is 6.40. The summed E-state index contributed by atoms with van der Waals surface area (Å²) in [5, 5.41) is 4.25. The van der Waals surface area contributed by atoms with E-state index in [4.69, 9.17) is 11.6 Å². The standard InChI is InChI=1S/C17H28ClN3/c1-4-19-12-15-16(18)9-6-10-17(15)20(3)13-14-8-7-11-21(14)5-2/h6,9-10,14,19H,4-5,7-8,11-13H2,1-3H3. The van der Waals surface area contributed by atoms with Crippen molar-refractivity contribution in [2.45, 2.75) is 39.3 Å². The van der Waals surface area contributed by atoms with Gasteiger partial charge in [0, 0.05) is 42.5 Å². The molecule has 1 aromatic carbocycles. The summed E-state index contributed by atoms with van der Waals surface area (Å²) in [6.07, 6.45) is 2.63. The van der Waals surface area contributed by atoms with Crippen LogP contribution < -0.4 is 10.2 Å². The summed E-state index contributed by atoms with van der Waals surface area (Å²) < 4.78 is 0. The van der Waals surface area contributed by atoms with Crippen LogP contribution in [0.2, 0.25) is 5.02 Å². The molecule has 2 rings (SSSR count). The fourth-order valence-electron chi connectivity index (χ4n) is 3.26. The average molecular weight is 310 g/mol. The molecule has 1 aromatic rings. The quantitative estimate of drug-likeness (QED) is 0.833. The van der Waals surface area contributed by atoms with Crippen LogP contribution in [0.3, 0.4) is 0 Å². The molecule has 0 aliphatic carbocycles. The van der Waals surface area contributed by atoms with Crippen LogP contribution >= 0.6 is 11.6 Å². The first-order chi connectivity index (χ1) is 10.2. The number of likely N-dealkylation sites (N-methyl/N-ethyl adjacent to an activating group) is 2. The maximum atomic E-state index is 6.40. The van der Waals surface area contributed by atoms with Crippen molar-refractivity contribution in [2.75, 3.05) is 38.1 Å². The molecule has 1 fully saturated rings. The van der Waals surface area contributed by atoms with E-state index in [2.05, 4.69) is 48.1 Å². The number of nitrogens with one attached hydrogen (secondary N) is 1. The molecule has 0 spiro atoms. The second kappa shape index (κ2) is 8.02. The van der Waals surface area contributed by atoms with Gasteiger partial charge in [-0.25, -0.2) is 0 Å². The summed E-state index contributed by atoms with van der Waals surface area (Å²) in [7, 11) is 2.19. The summed E-state index contributed by atoms with van der Waals surface area (Å²) in [5.41, 5.74) is 2.47. The molecule has 0 radical (unpaired) electrons. The van der Waals surface area contributed by atoms with Gasteiger partial charge in [-0.05, 0) is 44.6 Å². The average Bonchev–Trinajstić information content (AvgIpc) is 2.92. The molecule has 0 saturated carbocycles. The first-order valence-corrected chi connectivity index (χ1v) is 8.48. The minimum Gasteiger partial charge on any atom is -0.373 e. The van der Waals surface area contributed by atoms with Gasteiger partial charge in [-0.15, -0.1) is 0 Å². The van der Waals surface area contributed by atoms with Gasteiger partial charge in [-0.2, -0.15) is 0 Å². The smallest absolute Gasteiger partial charge is 0.0471 e. The lowest BCUT2D eigenvalue weighted by molar-refractivity contribution is 0.270. The van der Waals surface area contributed by atoms with Crippen LogP contribution in [0.15, 0.2) is 18.2 Å². The highest BCUT2D eigenvalue weighted by Crippen LogP contribution is 2.28. The van der Waals surface area contributed by atoms with E-state index >= 15 is 0 Å². The molecule has 1 unspecified atom stereocenters. The Morgan fingerprint density at radius 2 is 2.19 bits per heavy atom. The molecule has 1 atom stereocenters. The molecule has 118 valence electrons. The number of halogens is 1. The van der Waals surface area contributed by atoms with Crippen molar-refractivity contribution in [3.63, 3.8) is 0 Å². The Labute approximate surface area is 134 Å². The predicted molar refractivity (Wildman–Crippen MR) is 92.4 cm³/mol. The van der Waals surface area contributed by atoms with Gasteiger partial charge in [0.1, 0.15) is 0 Å². The Bertz CT molecular complexity index is 450. The fraction of sp³-hybridized carbons (Fsp3) is 0.647. The Hall–Kier alpha value is -0.770. The van der Waals surface area contributed by atoms with E-state index in [0.717, 1.165) is 31.2 Å². The minimum absolute atomic E-state index is 0.672. The predicted octanol–water partition coefficient (Wildman–Crippen LogP) is 3.37. The van der Waals surface area contributed by atoms with Crippen molar-refractivity contribution >= 4 is 17.3 Å². The van der Waals surface area contributed by atoms with Crippen molar-refractivity contribution < 1.29 is 0 Å². The summed E-state index contributed by atoms with van der Waals surface area (Å²) in [4.78, 5) is 4.96. The molecule has 1 saturated heterocycles. The highest BCUT2D eigenvalue weighted by atomic mass is 35.5. The second-order valence-corrected chi connectivity index (χ2v) is 6.23. The second-order valence-electron chi connectivity index (χ2n) is 5.82. The topological polar surface area (TPSA) is 18.5 Å². The third-order valence-corrected chi connectivity index (χ3v) is 4.80. The Balaban J connectivity index is 2.11. The van der Waals surface area contributed by atoms with Crippen molar-refractivity contribution in [2.24, 2.45) is 0 Å². The maximum Gasteiger partial charge on any atom is 0.0471 e. The van der Waals surface area contributed by atoms with Crippen LogP contribution in [0.5, 0.6) is 0 Å². The summed E-state index contributed by atoms with van der Waals surface area (Å²) >= 11 is 6.40. The summed E-state index contributed by atoms with van der Waals surface area (Å²) in [6.45, 7) is 9.64. The molecular weight excluding hydrogens is 282 g/mol. The van der Waals surface area contributed by atoms with Crippen molar-refractivity contribution in [3.05, 3.63) is 28.8 Å². The van der Waals surface area contributed by atoms with Crippen molar-refractivity contribution in [1.29, 1.82) is 0 Å². The SMILES string of the molecule is CCNCc1c(Cl)cccc1N(C)CC1CCCN1CC. The molecule has 0 amide bonds. The highest BCUT2D eigenvalue weighted by Gasteiger charge is 2.24. The third kappa shape index (κ3) is 4.12. The highest BCUT2D eigenvalue weighted by molar-refractivity contribution is 6.31. The normalized spacial score (nSPS) is 19.1. The first kappa shape index (κ1) is 16.6. The summed E-state index contributed by atoms with van der Waals surface area (Å²) in [5.74, 6) is 0. The van der Waals surface area contributed by atoms with E-state index < -0.39 is 0 Å². The number of nitrogens with zero attached hydrogens (tertiary/aromatic N) is 2. The Morgan fingerprint density at radius 1 is 1.38 bits per heavy atom.